The first-order valence-corrected chi connectivity index (χ1v) is 10.2. The van der Waals surface area contributed by atoms with Crippen LogP contribution < -0.4 is 4.90 Å². The number of aryl methyl sites for hydroxylation is 2. The highest BCUT2D eigenvalue weighted by Gasteiger charge is 2.55. The topological polar surface area (TPSA) is 58.3 Å². The molecule has 3 aliphatic rings. The molecule has 6 nitrogen and oxygen atoms in total. The number of aromatic nitrogens is 3. The summed E-state index contributed by atoms with van der Waals surface area (Å²) in [6.07, 6.45) is 2.81. The molecule has 1 saturated carbocycles. The Balaban J connectivity index is 1.46. The molecule has 5 rings (SSSR count). The van der Waals surface area contributed by atoms with Crippen LogP contribution in [0.2, 0.25) is 0 Å². The molecule has 0 unspecified atom stereocenters. The van der Waals surface area contributed by atoms with Crippen molar-refractivity contribution in [3.8, 4) is 11.3 Å². The molecule has 1 spiro atoms. The fourth-order valence-corrected chi connectivity index (χ4v) is 4.78. The molecule has 3 fully saturated rings. The highest BCUT2D eigenvalue weighted by Crippen LogP contribution is 2.47. The van der Waals surface area contributed by atoms with Crippen LogP contribution in [0.5, 0.6) is 0 Å². The van der Waals surface area contributed by atoms with Crippen LogP contribution in [0.15, 0.2) is 4.52 Å². The quantitative estimate of drug-likeness (QED) is 0.825. The van der Waals surface area contributed by atoms with Gasteiger partial charge in [0.15, 0.2) is 0 Å². The van der Waals surface area contributed by atoms with E-state index >= 15 is 0 Å². The lowest BCUT2D eigenvalue weighted by Crippen LogP contribution is -2.72. The van der Waals surface area contributed by atoms with Gasteiger partial charge in [0.1, 0.15) is 17.4 Å². The summed E-state index contributed by atoms with van der Waals surface area (Å²) in [4.78, 5) is 15.0. The lowest BCUT2D eigenvalue weighted by atomic mass is 9.72. The van der Waals surface area contributed by atoms with Crippen molar-refractivity contribution < 1.29 is 4.52 Å². The number of likely N-dealkylation sites (tertiary alicyclic amines) is 1. The van der Waals surface area contributed by atoms with Crippen molar-refractivity contribution in [3.63, 3.8) is 0 Å². The predicted molar refractivity (Wildman–Crippen MR) is 105 cm³/mol. The molecule has 0 atom stereocenters. The van der Waals surface area contributed by atoms with E-state index < -0.39 is 0 Å². The Hall–Kier alpha value is -1.95. The number of nitrogens with zero attached hydrogens (tertiary/aromatic N) is 5. The Labute approximate surface area is 161 Å². The highest BCUT2D eigenvalue weighted by molar-refractivity contribution is 5.72. The minimum absolute atomic E-state index is 0.285. The summed E-state index contributed by atoms with van der Waals surface area (Å²) in [5.41, 5.74) is 4.54. The van der Waals surface area contributed by atoms with Gasteiger partial charge in [-0.05, 0) is 33.6 Å². The van der Waals surface area contributed by atoms with Crippen LogP contribution in [-0.4, -0.2) is 52.2 Å². The average molecular weight is 367 g/mol. The Bertz CT molecular complexity index is 865. The molecule has 0 bridgehead atoms. The largest absolute Gasteiger partial charge is 0.361 e. The van der Waals surface area contributed by atoms with E-state index in [9.17, 15) is 0 Å². The first-order valence-electron chi connectivity index (χ1n) is 10.2. The molecule has 2 saturated heterocycles. The van der Waals surface area contributed by atoms with Gasteiger partial charge >= 0.3 is 0 Å². The van der Waals surface area contributed by atoms with E-state index in [1.54, 1.807) is 0 Å². The number of anilines is 1. The highest BCUT2D eigenvalue weighted by atomic mass is 16.5. The van der Waals surface area contributed by atoms with Crippen LogP contribution in [0.25, 0.3) is 11.3 Å². The molecule has 6 heteroatoms. The van der Waals surface area contributed by atoms with Crippen LogP contribution in [0.1, 0.15) is 55.4 Å². The maximum absolute atomic E-state index is 5.42. The summed E-state index contributed by atoms with van der Waals surface area (Å²) in [6.45, 7) is 15.2. The van der Waals surface area contributed by atoms with Crippen LogP contribution in [-0.2, 0) is 0 Å². The molecule has 144 valence electrons. The molecule has 2 aromatic heterocycles. The van der Waals surface area contributed by atoms with Crippen molar-refractivity contribution in [2.24, 2.45) is 5.41 Å². The van der Waals surface area contributed by atoms with Gasteiger partial charge in [-0.15, -0.1) is 0 Å². The van der Waals surface area contributed by atoms with Gasteiger partial charge in [-0.3, -0.25) is 4.90 Å². The summed E-state index contributed by atoms with van der Waals surface area (Å²) in [5.74, 6) is 3.11. The second-order valence-corrected chi connectivity index (χ2v) is 9.23. The molecule has 0 aromatic carbocycles. The van der Waals surface area contributed by atoms with Gasteiger partial charge in [0.25, 0.3) is 0 Å². The molecular formula is C21H29N5O. The summed E-state index contributed by atoms with van der Waals surface area (Å²) in [6, 6.07) is 0.893. The summed E-state index contributed by atoms with van der Waals surface area (Å²) >= 11 is 0. The SMILES string of the molecule is Cc1noc(C)c1-c1nc(C(C)C)nc(N2CC3(C2)CN(C2CC2)C3)c1C. The zero-order valence-electron chi connectivity index (χ0n) is 17.0. The van der Waals surface area contributed by atoms with Crippen LogP contribution in [0.4, 0.5) is 5.82 Å². The number of hydrogen-bond donors (Lipinski definition) is 0. The average Bonchev–Trinajstić information content (AvgIpc) is 3.32. The molecule has 0 radical (unpaired) electrons. The number of hydrogen-bond acceptors (Lipinski definition) is 6. The third kappa shape index (κ3) is 2.68. The van der Waals surface area contributed by atoms with Crippen LogP contribution >= 0.6 is 0 Å². The van der Waals surface area contributed by atoms with Gasteiger partial charge in [-0.2, -0.15) is 0 Å². The molecule has 2 aromatic rings. The van der Waals surface area contributed by atoms with E-state index in [4.69, 9.17) is 14.5 Å². The molecular weight excluding hydrogens is 338 g/mol. The predicted octanol–water partition coefficient (Wildman–Crippen LogP) is 3.46. The number of rotatable bonds is 4. The zero-order chi connectivity index (χ0) is 18.9. The standard InChI is InChI=1S/C21H29N5O/c1-12(2)19-22-18(17-14(4)24-27-15(17)5)13(3)20(23-19)26-10-21(11-26)8-25(9-21)16-6-7-16/h12,16H,6-11H2,1-5H3. The van der Waals surface area contributed by atoms with E-state index in [2.05, 4.69) is 35.7 Å². The van der Waals surface area contributed by atoms with Crippen molar-refractivity contribution in [2.75, 3.05) is 31.1 Å². The van der Waals surface area contributed by atoms with Crippen molar-refractivity contribution >= 4 is 5.82 Å². The van der Waals surface area contributed by atoms with Gasteiger partial charge in [-0.1, -0.05) is 19.0 Å². The molecule has 4 heterocycles. The van der Waals surface area contributed by atoms with E-state index in [-0.39, 0.29) is 5.92 Å². The monoisotopic (exact) mass is 367 g/mol. The van der Waals surface area contributed by atoms with Crippen molar-refractivity contribution in [2.45, 2.75) is 59.4 Å². The Morgan fingerprint density at radius 3 is 2.30 bits per heavy atom. The minimum atomic E-state index is 0.285. The fraction of sp³-hybridized carbons (Fsp3) is 0.667. The molecule has 0 amide bonds. The molecule has 0 N–H and O–H groups in total. The van der Waals surface area contributed by atoms with Crippen molar-refractivity contribution in [1.82, 2.24) is 20.0 Å². The van der Waals surface area contributed by atoms with Gasteiger partial charge < -0.3 is 9.42 Å². The van der Waals surface area contributed by atoms with Crippen molar-refractivity contribution in [1.29, 1.82) is 0 Å². The maximum atomic E-state index is 5.42. The van der Waals surface area contributed by atoms with E-state index in [1.165, 1.54) is 25.9 Å². The fourth-order valence-electron chi connectivity index (χ4n) is 4.78. The Morgan fingerprint density at radius 2 is 1.74 bits per heavy atom. The summed E-state index contributed by atoms with van der Waals surface area (Å²) in [7, 11) is 0. The smallest absolute Gasteiger partial charge is 0.143 e. The molecule has 1 aliphatic carbocycles. The van der Waals surface area contributed by atoms with Crippen LogP contribution in [0.3, 0.4) is 0 Å². The lowest BCUT2D eigenvalue weighted by molar-refractivity contribution is -0.0278. The summed E-state index contributed by atoms with van der Waals surface area (Å²) < 4.78 is 5.42. The van der Waals surface area contributed by atoms with Gasteiger partial charge in [0, 0.05) is 49.1 Å². The first-order chi connectivity index (χ1) is 12.9. The zero-order valence-corrected chi connectivity index (χ0v) is 17.0. The third-order valence-corrected chi connectivity index (χ3v) is 6.42. The van der Waals surface area contributed by atoms with E-state index in [0.29, 0.717) is 5.41 Å². The Kier molecular flexibility index (Phi) is 3.67. The summed E-state index contributed by atoms with van der Waals surface area (Å²) in [5, 5.41) is 4.14. The van der Waals surface area contributed by atoms with Gasteiger partial charge in [-0.25, -0.2) is 9.97 Å². The Morgan fingerprint density at radius 1 is 1.04 bits per heavy atom. The van der Waals surface area contributed by atoms with E-state index in [0.717, 1.165) is 59.0 Å². The first kappa shape index (κ1) is 17.2. The second-order valence-electron chi connectivity index (χ2n) is 9.23. The maximum Gasteiger partial charge on any atom is 0.143 e. The van der Waals surface area contributed by atoms with Crippen molar-refractivity contribution in [3.05, 3.63) is 22.8 Å². The third-order valence-electron chi connectivity index (χ3n) is 6.42. The second kappa shape index (κ2) is 5.77. The van der Waals surface area contributed by atoms with E-state index in [1.807, 2.05) is 13.8 Å². The molecule has 27 heavy (non-hydrogen) atoms. The lowest BCUT2D eigenvalue weighted by Gasteiger charge is -2.61. The molecule has 2 aliphatic heterocycles. The van der Waals surface area contributed by atoms with Gasteiger partial charge in [0.05, 0.1) is 17.0 Å². The van der Waals surface area contributed by atoms with Crippen LogP contribution in [0, 0.1) is 26.2 Å². The minimum Gasteiger partial charge on any atom is -0.361 e. The van der Waals surface area contributed by atoms with Gasteiger partial charge in [0.2, 0.25) is 0 Å². The normalized spacial score (nSPS) is 21.6.